The third-order valence-electron chi connectivity index (χ3n) is 2.14. The number of nitrogens with zero attached hydrogens (tertiary/aromatic N) is 1. The van der Waals surface area contributed by atoms with Gasteiger partial charge < -0.3 is 14.6 Å². The predicted molar refractivity (Wildman–Crippen MR) is 56.6 cm³/mol. The first-order chi connectivity index (χ1) is 8.01. The van der Waals surface area contributed by atoms with E-state index < -0.39 is 17.0 Å². The molecule has 0 radical (unpaired) electrons. The first-order valence-corrected chi connectivity index (χ1v) is 4.59. The Morgan fingerprint density at radius 1 is 1.47 bits per heavy atom. The zero-order valence-electron chi connectivity index (χ0n) is 9.25. The minimum atomic E-state index is -1.62. The topological polar surface area (TPSA) is 98.9 Å². The Labute approximate surface area is 96.7 Å². The van der Waals surface area contributed by atoms with Crippen LogP contribution in [0.1, 0.15) is 11.7 Å². The Kier molecular flexibility index (Phi) is 4.00. The summed E-state index contributed by atoms with van der Waals surface area (Å²) in [5.41, 5.74) is -0.252. The van der Waals surface area contributed by atoms with Crippen LogP contribution in [0.25, 0.3) is 0 Å². The van der Waals surface area contributed by atoms with Gasteiger partial charge in [-0.15, -0.1) is 0 Å². The van der Waals surface area contributed by atoms with Crippen LogP contribution in [0.4, 0.5) is 5.69 Å². The lowest BCUT2D eigenvalue weighted by Crippen LogP contribution is -2.14. The second-order valence-electron chi connectivity index (χ2n) is 3.11. The van der Waals surface area contributed by atoms with Crippen LogP contribution in [0.15, 0.2) is 18.2 Å². The highest BCUT2D eigenvalue weighted by molar-refractivity contribution is 5.77. The smallest absolute Gasteiger partial charge is 0.339 e. The molecule has 0 aromatic heterocycles. The molecule has 1 aromatic carbocycles. The third kappa shape index (κ3) is 2.70. The summed E-state index contributed by atoms with van der Waals surface area (Å²) in [5, 5.41) is 20.2. The van der Waals surface area contributed by atoms with Crippen molar-refractivity contribution in [2.45, 2.75) is 6.10 Å². The number of esters is 1. The molecular formula is C10H11NO6. The zero-order chi connectivity index (χ0) is 13.0. The lowest BCUT2D eigenvalue weighted by atomic mass is 10.1. The molecular weight excluding hydrogens is 230 g/mol. The predicted octanol–water partition coefficient (Wildman–Crippen LogP) is 0.810. The van der Waals surface area contributed by atoms with Crippen molar-refractivity contribution in [1.82, 2.24) is 0 Å². The Hall–Kier alpha value is -2.15. The number of carbonyl (C=O) groups excluding carboxylic acids is 1. The summed E-state index contributed by atoms with van der Waals surface area (Å²) in [6.45, 7) is 0. The quantitative estimate of drug-likeness (QED) is 0.475. The van der Waals surface area contributed by atoms with Crippen molar-refractivity contribution >= 4 is 11.7 Å². The Balaban J connectivity index is 3.22. The molecule has 0 spiro atoms. The van der Waals surface area contributed by atoms with Crippen LogP contribution < -0.4 is 4.74 Å². The van der Waals surface area contributed by atoms with Crippen LogP contribution >= 0.6 is 0 Å². The molecule has 0 amide bonds. The van der Waals surface area contributed by atoms with Gasteiger partial charge in [-0.2, -0.15) is 0 Å². The summed E-state index contributed by atoms with van der Waals surface area (Å²) in [7, 11) is 2.43. The maximum atomic E-state index is 11.2. The van der Waals surface area contributed by atoms with Crippen LogP contribution in [0.2, 0.25) is 0 Å². The minimum absolute atomic E-state index is 0.00597. The molecule has 0 aliphatic heterocycles. The molecule has 0 fully saturated rings. The van der Waals surface area contributed by atoms with E-state index in [4.69, 9.17) is 4.74 Å². The summed E-state index contributed by atoms with van der Waals surface area (Å²) in [6.07, 6.45) is -1.62. The number of methoxy groups -OCH3 is 2. The molecule has 1 unspecified atom stereocenters. The van der Waals surface area contributed by atoms with Crippen molar-refractivity contribution in [1.29, 1.82) is 0 Å². The van der Waals surface area contributed by atoms with E-state index in [1.54, 1.807) is 0 Å². The van der Waals surface area contributed by atoms with Gasteiger partial charge in [0.2, 0.25) is 0 Å². The highest BCUT2D eigenvalue weighted by Gasteiger charge is 2.24. The van der Waals surface area contributed by atoms with Crippen LogP contribution in [0.5, 0.6) is 5.75 Å². The normalized spacial score (nSPS) is 11.7. The number of aliphatic hydroxyl groups excluding tert-OH is 1. The number of hydrogen-bond acceptors (Lipinski definition) is 6. The minimum Gasteiger partial charge on any atom is -0.496 e. The number of non-ortho nitro benzene ring substituents is 1. The maximum absolute atomic E-state index is 11.2. The number of carbonyl (C=O) groups is 1. The van der Waals surface area contributed by atoms with Crippen LogP contribution in [-0.2, 0) is 9.53 Å². The van der Waals surface area contributed by atoms with E-state index in [0.29, 0.717) is 0 Å². The summed E-state index contributed by atoms with van der Waals surface area (Å²) in [4.78, 5) is 21.1. The fraction of sp³-hybridized carbons (Fsp3) is 0.300. The van der Waals surface area contributed by atoms with Gasteiger partial charge in [0.25, 0.3) is 5.69 Å². The molecule has 1 atom stereocenters. The standard InChI is InChI=1S/C10H11NO6/c1-16-8-4-3-6(11(14)15)5-7(8)9(12)10(13)17-2/h3-5,9,12H,1-2H3. The summed E-state index contributed by atoms with van der Waals surface area (Å²) < 4.78 is 9.26. The Bertz CT molecular complexity index is 444. The van der Waals surface area contributed by atoms with Crippen LogP contribution in [-0.4, -0.2) is 30.2 Å². The van der Waals surface area contributed by atoms with E-state index >= 15 is 0 Å². The molecule has 0 bridgehead atoms. The van der Waals surface area contributed by atoms with E-state index in [1.165, 1.54) is 19.2 Å². The molecule has 1 rings (SSSR count). The van der Waals surface area contributed by atoms with E-state index in [0.717, 1.165) is 13.2 Å². The first kappa shape index (κ1) is 12.9. The fourth-order valence-corrected chi connectivity index (χ4v) is 1.29. The molecule has 0 aliphatic carbocycles. The molecule has 0 aliphatic rings. The number of nitro benzene ring substituents is 1. The molecule has 92 valence electrons. The lowest BCUT2D eigenvalue weighted by Gasteiger charge is -2.12. The number of rotatable bonds is 4. The van der Waals surface area contributed by atoms with Crippen molar-refractivity contribution in [3.8, 4) is 5.75 Å². The third-order valence-corrected chi connectivity index (χ3v) is 2.14. The largest absolute Gasteiger partial charge is 0.496 e. The second kappa shape index (κ2) is 5.26. The molecule has 1 aromatic rings. The van der Waals surface area contributed by atoms with Gasteiger partial charge in [-0.3, -0.25) is 10.1 Å². The van der Waals surface area contributed by atoms with Crippen molar-refractivity contribution in [3.05, 3.63) is 33.9 Å². The van der Waals surface area contributed by atoms with E-state index in [1.807, 2.05) is 0 Å². The van der Waals surface area contributed by atoms with Crippen molar-refractivity contribution in [2.75, 3.05) is 14.2 Å². The Morgan fingerprint density at radius 3 is 2.59 bits per heavy atom. The van der Waals surface area contributed by atoms with Crippen molar-refractivity contribution in [3.63, 3.8) is 0 Å². The van der Waals surface area contributed by atoms with Gasteiger partial charge in [0.15, 0.2) is 6.10 Å². The number of ether oxygens (including phenoxy) is 2. The van der Waals surface area contributed by atoms with Gasteiger partial charge in [-0.1, -0.05) is 0 Å². The lowest BCUT2D eigenvalue weighted by molar-refractivity contribution is -0.385. The summed E-state index contributed by atoms with van der Waals surface area (Å²) in [6, 6.07) is 3.59. The van der Waals surface area contributed by atoms with Gasteiger partial charge in [0.05, 0.1) is 19.1 Å². The molecule has 0 saturated heterocycles. The van der Waals surface area contributed by atoms with Gasteiger partial charge in [0, 0.05) is 17.7 Å². The highest BCUT2D eigenvalue weighted by atomic mass is 16.6. The number of aliphatic hydroxyl groups is 1. The van der Waals surface area contributed by atoms with E-state index in [9.17, 15) is 20.0 Å². The first-order valence-electron chi connectivity index (χ1n) is 4.59. The Morgan fingerprint density at radius 2 is 2.12 bits per heavy atom. The summed E-state index contributed by atoms with van der Waals surface area (Å²) in [5.74, 6) is -0.739. The molecule has 1 N–H and O–H groups in total. The number of hydrogen-bond donors (Lipinski definition) is 1. The van der Waals surface area contributed by atoms with Crippen molar-refractivity contribution < 1.29 is 24.3 Å². The average Bonchev–Trinajstić information content (AvgIpc) is 2.35. The molecule has 0 saturated carbocycles. The fourth-order valence-electron chi connectivity index (χ4n) is 1.29. The van der Waals surface area contributed by atoms with Crippen molar-refractivity contribution in [2.24, 2.45) is 0 Å². The second-order valence-corrected chi connectivity index (χ2v) is 3.11. The maximum Gasteiger partial charge on any atom is 0.339 e. The van der Waals surface area contributed by atoms with Gasteiger partial charge in [-0.05, 0) is 6.07 Å². The molecule has 7 heteroatoms. The van der Waals surface area contributed by atoms with E-state index in [2.05, 4.69) is 4.74 Å². The van der Waals surface area contributed by atoms with E-state index in [-0.39, 0.29) is 17.0 Å². The zero-order valence-corrected chi connectivity index (χ0v) is 9.25. The SMILES string of the molecule is COC(=O)C(O)c1cc([N+](=O)[O-])ccc1OC. The molecule has 17 heavy (non-hydrogen) atoms. The highest BCUT2D eigenvalue weighted by Crippen LogP contribution is 2.29. The monoisotopic (exact) mass is 241 g/mol. The molecule has 7 nitrogen and oxygen atoms in total. The van der Waals surface area contributed by atoms with Gasteiger partial charge in [0.1, 0.15) is 5.75 Å². The summed E-state index contributed by atoms with van der Waals surface area (Å²) >= 11 is 0. The number of nitro groups is 1. The van der Waals surface area contributed by atoms with Gasteiger partial charge in [-0.25, -0.2) is 4.79 Å². The average molecular weight is 241 g/mol. The van der Waals surface area contributed by atoms with Crippen LogP contribution in [0.3, 0.4) is 0 Å². The molecule has 0 heterocycles. The number of benzene rings is 1. The van der Waals surface area contributed by atoms with Gasteiger partial charge >= 0.3 is 5.97 Å². The van der Waals surface area contributed by atoms with Crippen LogP contribution in [0, 0.1) is 10.1 Å².